The zero-order valence-corrected chi connectivity index (χ0v) is 20.0. The second-order valence-electron chi connectivity index (χ2n) is 7.81. The minimum absolute atomic E-state index is 0.673. The van der Waals surface area contributed by atoms with Gasteiger partial charge in [-0.1, -0.05) is 66.4 Å². The van der Waals surface area contributed by atoms with Crippen LogP contribution in [0.3, 0.4) is 0 Å². The summed E-state index contributed by atoms with van der Waals surface area (Å²) in [6, 6.07) is 32.6. The molecule has 0 aliphatic rings. The normalized spacial score (nSPS) is 10.9. The number of pyridine rings is 1. The zero-order chi connectivity index (χ0) is 23.6. The smallest absolute Gasteiger partial charge is 0.161 e. The summed E-state index contributed by atoms with van der Waals surface area (Å²) in [6.07, 6.45) is 1.79. The quantitative estimate of drug-likeness (QED) is 0.269. The van der Waals surface area contributed by atoms with Crippen molar-refractivity contribution in [2.45, 2.75) is 9.79 Å². The van der Waals surface area contributed by atoms with Crippen LogP contribution in [0.5, 0.6) is 0 Å². The van der Waals surface area contributed by atoms with Crippen molar-refractivity contribution in [3.05, 3.63) is 102 Å². The van der Waals surface area contributed by atoms with Crippen LogP contribution in [0, 0.1) is 11.3 Å². The Labute approximate surface area is 210 Å². The summed E-state index contributed by atoms with van der Waals surface area (Å²) in [5.41, 5.74) is 3.71. The molecule has 0 saturated carbocycles. The van der Waals surface area contributed by atoms with E-state index in [4.69, 9.17) is 0 Å². The Balaban J connectivity index is 1.27. The Bertz CT molecular complexity index is 1700. The lowest BCUT2D eigenvalue weighted by Gasteiger charge is -2.12. The summed E-state index contributed by atoms with van der Waals surface area (Å²) < 4.78 is 1.04. The molecule has 3 aromatic heterocycles. The standard InChI is InChI=1S/C28H17N5S2/c29-17-21-16-24-27(35-21)25(14-15-30-24)34-20-12-10-19(11-13-20)31-28-23-9-5-4-8-22(23)26(32-33-28)18-6-2-1-3-7-18/h1-16H,(H,31,33). The van der Waals surface area contributed by atoms with E-state index in [-0.39, 0.29) is 0 Å². The van der Waals surface area contributed by atoms with Gasteiger partial charge in [0.15, 0.2) is 5.82 Å². The minimum Gasteiger partial charge on any atom is -0.338 e. The van der Waals surface area contributed by atoms with Crippen LogP contribution in [-0.4, -0.2) is 15.2 Å². The van der Waals surface area contributed by atoms with Gasteiger partial charge in [-0.3, -0.25) is 4.98 Å². The molecule has 0 aliphatic heterocycles. The van der Waals surface area contributed by atoms with Crippen LogP contribution in [0.2, 0.25) is 0 Å². The molecule has 0 unspecified atom stereocenters. The monoisotopic (exact) mass is 487 g/mol. The third kappa shape index (κ3) is 4.21. The number of rotatable bonds is 5. The number of benzene rings is 3. The van der Waals surface area contributed by atoms with Crippen molar-refractivity contribution in [2.24, 2.45) is 0 Å². The van der Waals surface area contributed by atoms with Crippen LogP contribution in [0.4, 0.5) is 11.5 Å². The van der Waals surface area contributed by atoms with Gasteiger partial charge in [-0.05, 0) is 36.4 Å². The van der Waals surface area contributed by atoms with Crippen molar-refractivity contribution in [3.8, 4) is 17.3 Å². The Morgan fingerprint density at radius 3 is 2.40 bits per heavy atom. The highest BCUT2D eigenvalue weighted by molar-refractivity contribution is 7.99. The number of hydrogen-bond donors (Lipinski definition) is 1. The lowest BCUT2D eigenvalue weighted by molar-refractivity contribution is 1.06. The van der Waals surface area contributed by atoms with Crippen LogP contribution in [-0.2, 0) is 0 Å². The molecule has 0 bridgehead atoms. The minimum atomic E-state index is 0.673. The first-order chi connectivity index (χ1) is 17.3. The molecule has 0 fully saturated rings. The topological polar surface area (TPSA) is 74.5 Å². The van der Waals surface area contributed by atoms with E-state index in [1.54, 1.807) is 18.0 Å². The number of hydrogen-bond acceptors (Lipinski definition) is 7. The molecule has 0 amide bonds. The zero-order valence-electron chi connectivity index (χ0n) is 18.3. The first-order valence-electron chi connectivity index (χ1n) is 10.9. The van der Waals surface area contributed by atoms with E-state index in [0.29, 0.717) is 4.88 Å². The fraction of sp³-hybridized carbons (Fsp3) is 0. The molecule has 166 valence electrons. The maximum atomic E-state index is 9.22. The molecular weight excluding hydrogens is 470 g/mol. The van der Waals surface area contributed by atoms with Gasteiger partial charge in [-0.25, -0.2) is 0 Å². The number of anilines is 2. The SMILES string of the molecule is N#Cc1cc2nccc(Sc3ccc(Nc4nnc(-c5ccccc5)c5ccccc45)cc3)c2s1. The molecule has 3 aromatic carbocycles. The average molecular weight is 488 g/mol. The van der Waals surface area contributed by atoms with E-state index < -0.39 is 0 Å². The molecule has 0 atom stereocenters. The van der Waals surface area contributed by atoms with Crippen molar-refractivity contribution in [1.82, 2.24) is 15.2 Å². The van der Waals surface area contributed by atoms with Gasteiger partial charge in [0.2, 0.25) is 0 Å². The summed E-state index contributed by atoms with van der Waals surface area (Å²) in [5.74, 6) is 0.721. The fourth-order valence-corrected chi connectivity index (χ4v) is 5.85. The molecule has 0 saturated heterocycles. The van der Waals surface area contributed by atoms with Crippen molar-refractivity contribution in [1.29, 1.82) is 5.26 Å². The first-order valence-corrected chi connectivity index (χ1v) is 12.6. The van der Waals surface area contributed by atoms with E-state index in [0.717, 1.165) is 53.5 Å². The van der Waals surface area contributed by atoms with Gasteiger partial charge >= 0.3 is 0 Å². The largest absolute Gasteiger partial charge is 0.338 e. The summed E-state index contributed by atoms with van der Waals surface area (Å²) in [5, 5.41) is 23.8. The number of nitrogens with zero attached hydrogens (tertiary/aromatic N) is 4. The summed E-state index contributed by atoms with van der Waals surface area (Å²) in [6.45, 7) is 0. The van der Waals surface area contributed by atoms with Gasteiger partial charge < -0.3 is 5.32 Å². The Morgan fingerprint density at radius 2 is 1.60 bits per heavy atom. The summed E-state index contributed by atoms with van der Waals surface area (Å²) in [4.78, 5) is 7.25. The average Bonchev–Trinajstić information content (AvgIpc) is 3.35. The molecular formula is C28H17N5S2. The second-order valence-corrected chi connectivity index (χ2v) is 9.97. The highest BCUT2D eigenvalue weighted by Gasteiger charge is 2.12. The van der Waals surface area contributed by atoms with E-state index in [2.05, 4.69) is 50.8 Å². The number of aromatic nitrogens is 3. The molecule has 7 heteroatoms. The van der Waals surface area contributed by atoms with E-state index in [1.807, 2.05) is 66.7 Å². The van der Waals surface area contributed by atoms with E-state index >= 15 is 0 Å². The summed E-state index contributed by atoms with van der Waals surface area (Å²) in [7, 11) is 0. The molecule has 35 heavy (non-hydrogen) atoms. The highest BCUT2D eigenvalue weighted by Crippen LogP contribution is 2.37. The van der Waals surface area contributed by atoms with Crippen molar-refractivity contribution < 1.29 is 0 Å². The third-order valence-electron chi connectivity index (χ3n) is 5.57. The predicted octanol–water partition coefficient (Wildman–Crippen LogP) is 7.67. The number of fused-ring (bicyclic) bond motifs is 2. The number of nitrogens with one attached hydrogen (secondary N) is 1. The lowest BCUT2D eigenvalue weighted by atomic mass is 10.0. The molecule has 0 spiro atoms. The van der Waals surface area contributed by atoms with Gasteiger partial charge in [-0.15, -0.1) is 21.5 Å². The van der Waals surface area contributed by atoms with Gasteiger partial charge in [0.25, 0.3) is 0 Å². The van der Waals surface area contributed by atoms with Crippen molar-refractivity contribution >= 4 is 55.6 Å². The van der Waals surface area contributed by atoms with E-state index in [1.165, 1.54) is 11.3 Å². The predicted molar refractivity (Wildman–Crippen MR) is 143 cm³/mol. The second kappa shape index (κ2) is 9.18. The maximum Gasteiger partial charge on any atom is 0.161 e. The number of nitriles is 1. The van der Waals surface area contributed by atoms with Crippen LogP contribution in [0.1, 0.15) is 4.88 Å². The van der Waals surface area contributed by atoms with Gasteiger partial charge in [-0.2, -0.15) is 5.26 Å². The first kappa shape index (κ1) is 21.3. The Hall–Kier alpha value is -4.25. The maximum absolute atomic E-state index is 9.22. The molecule has 5 nitrogen and oxygen atoms in total. The molecule has 1 N–H and O–H groups in total. The highest BCUT2D eigenvalue weighted by atomic mass is 32.2. The Morgan fingerprint density at radius 1 is 0.829 bits per heavy atom. The molecule has 0 radical (unpaired) electrons. The summed E-state index contributed by atoms with van der Waals surface area (Å²) >= 11 is 3.14. The fourth-order valence-electron chi connectivity index (χ4n) is 3.93. The van der Waals surface area contributed by atoms with Crippen LogP contribution < -0.4 is 5.32 Å². The van der Waals surface area contributed by atoms with Crippen LogP contribution in [0.25, 0.3) is 32.2 Å². The number of thiophene rings is 1. The molecule has 3 heterocycles. The molecule has 6 rings (SSSR count). The molecule has 6 aromatic rings. The lowest BCUT2D eigenvalue weighted by Crippen LogP contribution is -1.99. The van der Waals surface area contributed by atoms with Gasteiger partial charge in [0.1, 0.15) is 16.6 Å². The van der Waals surface area contributed by atoms with E-state index in [9.17, 15) is 5.26 Å². The third-order valence-corrected chi connectivity index (χ3v) is 7.82. The van der Waals surface area contributed by atoms with Gasteiger partial charge in [0, 0.05) is 38.0 Å². The van der Waals surface area contributed by atoms with Crippen LogP contribution >= 0.6 is 23.1 Å². The van der Waals surface area contributed by atoms with Crippen molar-refractivity contribution in [2.75, 3.05) is 5.32 Å². The molecule has 0 aliphatic carbocycles. The van der Waals surface area contributed by atoms with Crippen molar-refractivity contribution in [3.63, 3.8) is 0 Å². The van der Waals surface area contributed by atoms with Gasteiger partial charge in [0.05, 0.1) is 10.2 Å². The Kier molecular flexibility index (Phi) is 5.59. The van der Waals surface area contributed by atoms with Crippen LogP contribution in [0.15, 0.2) is 107 Å².